The highest BCUT2D eigenvalue weighted by atomic mass is 79.9. The number of carbonyl (C=O) groups is 8. The maximum atomic E-state index is 13.6. The lowest BCUT2D eigenvalue weighted by Gasteiger charge is -2.32. The lowest BCUT2D eigenvalue weighted by molar-refractivity contribution is -0.139. The number of fused-ring (bicyclic) bond motifs is 14. The number of amides is 7. The minimum absolute atomic E-state index is 0.0313. The van der Waals surface area contributed by atoms with E-state index < -0.39 is 71.9 Å². The molecule has 33 nitrogen and oxygen atoms in total. The number of alkyl carbamates (subject to hydrolysis) is 3. The molecule has 0 bridgehead atoms. The van der Waals surface area contributed by atoms with Crippen LogP contribution in [-0.2, 0) is 60.6 Å². The molecule has 11 heterocycles. The fourth-order valence-corrected chi connectivity index (χ4v) is 18.5. The van der Waals surface area contributed by atoms with Crippen LogP contribution >= 0.6 is 15.9 Å². The van der Waals surface area contributed by atoms with Crippen molar-refractivity contribution in [3.05, 3.63) is 172 Å². The number of hydrogen-bond donors (Lipinski definition) is 8. The number of carboxylic acid groups (broad SMARTS) is 1. The van der Waals surface area contributed by atoms with Gasteiger partial charge in [0, 0.05) is 58.9 Å². The van der Waals surface area contributed by atoms with E-state index in [1.165, 1.54) is 21.3 Å². The number of imidazole rings is 4. The Hall–Kier alpha value is -12.8. The summed E-state index contributed by atoms with van der Waals surface area (Å²) in [5, 5.41) is 20.5. The molecule has 7 aliphatic rings. The van der Waals surface area contributed by atoms with E-state index in [0.717, 1.165) is 184 Å². The molecule has 11 aromatic rings. The average molecular weight is 1880 g/mol. The molecule has 7 amide bonds. The van der Waals surface area contributed by atoms with Gasteiger partial charge in [-0.05, 0) is 230 Å². The van der Waals surface area contributed by atoms with Crippen molar-refractivity contribution >= 4 is 120 Å². The van der Waals surface area contributed by atoms with E-state index in [9.17, 15) is 38.4 Å². The number of halogens is 1. The number of rotatable bonds is 15. The molecule has 0 spiro atoms. The van der Waals surface area contributed by atoms with Gasteiger partial charge in [-0.1, -0.05) is 100 Å². The number of aromatic amines is 4. The van der Waals surface area contributed by atoms with Crippen molar-refractivity contribution in [2.45, 2.75) is 226 Å². The van der Waals surface area contributed by atoms with Crippen molar-refractivity contribution in [2.75, 3.05) is 47.5 Å². The third-order valence-corrected chi connectivity index (χ3v) is 25.9. The lowest BCUT2D eigenvalue weighted by atomic mass is 9.77. The average Bonchev–Trinajstić information content (AvgIpc) is 1.63. The van der Waals surface area contributed by atoms with Crippen molar-refractivity contribution in [3.8, 4) is 45.0 Å². The minimum atomic E-state index is -1.13. The number of ether oxygens (including phenoxy) is 7. The summed E-state index contributed by atoms with van der Waals surface area (Å²) < 4.78 is 51.4. The van der Waals surface area contributed by atoms with Gasteiger partial charge in [-0.25, -0.2) is 48.7 Å². The van der Waals surface area contributed by atoms with Crippen molar-refractivity contribution < 1.29 is 85.9 Å². The highest BCUT2D eigenvalue weighted by Gasteiger charge is 2.52. The summed E-state index contributed by atoms with van der Waals surface area (Å²) in [5.41, 5.74) is 11.5. The molecule has 5 saturated heterocycles. The van der Waals surface area contributed by atoms with E-state index in [-0.39, 0.29) is 60.0 Å². The summed E-state index contributed by atoms with van der Waals surface area (Å²) in [6.45, 7) is 30.6. The first-order valence-corrected chi connectivity index (χ1v) is 46.0. The standard InChI is InChI=1S/C41H47N7O6.C33H38BN3O5.C14H21BrN4O3.C10H11NO4/c1-22(2)33(46-39(50)52-6)38(49)47-17-7-9-31(47)36-42-20-30(44-36)23-11-12-25-24(19-23)21-53-35-27(25)14-13-26-28(35)15-16-29-34(26)45-37(43-29)32-10-8-18-48(32)40(51)54-41(3,4)5;1-31(2,3)40-30(38)37-16-8-9-26(37)29-35-25-15-14-24-22(27(25)36-29)12-13-23-21-11-10-20(17-19(21)18-39-28(23)24)34-41-32(4,5)33(6,7)42-34;1-8(2)11(18-14(21)22-3)13(20)19-6-4-5-9(19)12-16-7-10(15)17-12;1-15-10(14)11-8(9(12)13)7-5-3-2-4-6-7/h11-16,19-20,22,31-33H,7-10,17-18,21H2,1-6H3,(H,42,44)(H,43,45)(H,46,50);10-15,17,26H,8-9,16,18H2,1-7H3,(H,35,36);7-9,11H,4-6H2,1-3H3,(H,16,17)(H,18,21);2-6,8H,1H3,(H,11,14)(H,12,13)/t31-,32-,33-;26-;9-,11-;/m000./s1. The monoisotopic (exact) mass is 1880 g/mol. The summed E-state index contributed by atoms with van der Waals surface area (Å²) in [4.78, 5) is 138. The van der Waals surface area contributed by atoms with Gasteiger partial charge >= 0.3 is 43.6 Å². The molecule has 5 fully saturated rings. The Morgan fingerprint density at radius 1 is 0.496 bits per heavy atom. The van der Waals surface area contributed by atoms with Crippen LogP contribution in [0.25, 0.3) is 77.1 Å². The fraction of sp³-hybridized carbons (Fsp3) is 0.449. The van der Waals surface area contributed by atoms with Crippen molar-refractivity contribution in [2.24, 2.45) is 11.8 Å². The van der Waals surface area contributed by atoms with Crippen LogP contribution in [0.2, 0.25) is 0 Å². The van der Waals surface area contributed by atoms with Crippen molar-refractivity contribution in [1.82, 2.24) is 75.4 Å². The van der Waals surface area contributed by atoms with Crippen LogP contribution in [0, 0.1) is 11.8 Å². The number of likely N-dealkylation sites (tertiary alicyclic amines) is 4. The third-order valence-electron chi connectivity index (χ3n) is 25.5. The van der Waals surface area contributed by atoms with E-state index in [4.69, 9.17) is 53.1 Å². The summed E-state index contributed by atoms with van der Waals surface area (Å²) >= 11 is 3.34. The largest absolute Gasteiger partial charge is 0.494 e. The highest BCUT2D eigenvalue weighted by molar-refractivity contribution is 9.10. The molecule has 35 heteroatoms. The van der Waals surface area contributed by atoms with Gasteiger partial charge < -0.3 is 93.3 Å². The van der Waals surface area contributed by atoms with Crippen LogP contribution < -0.4 is 30.9 Å². The van der Waals surface area contributed by atoms with Gasteiger partial charge in [0.2, 0.25) is 11.8 Å². The topological polar surface area (TPSA) is 404 Å². The molecule has 18 rings (SSSR count). The van der Waals surface area contributed by atoms with Gasteiger partial charge in [-0.15, -0.1) is 0 Å². The number of nitrogens with one attached hydrogen (secondary N) is 7. The van der Waals surface area contributed by atoms with E-state index in [0.29, 0.717) is 45.0 Å². The Labute approximate surface area is 780 Å². The van der Waals surface area contributed by atoms with Crippen LogP contribution in [0.3, 0.4) is 0 Å². The first-order chi connectivity index (χ1) is 63.3. The second kappa shape index (κ2) is 38.8. The molecule has 0 radical (unpaired) electrons. The zero-order valence-electron chi connectivity index (χ0n) is 78.1. The van der Waals surface area contributed by atoms with Gasteiger partial charge in [0.25, 0.3) is 0 Å². The zero-order chi connectivity index (χ0) is 95.0. The highest BCUT2D eigenvalue weighted by Crippen LogP contribution is 2.49. The van der Waals surface area contributed by atoms with E-state index >= 15 is 0 Å². The summed E-state index contributed by atoms with van der Waals surface area (Å²) in [5.74, 6) is 3.22. The van der Waals surface area contributed by atoms with Gasteiger partial charge in [0.1, 0.15) is 75.9 Å². The van der Waals surface area contributed by atoms with Crippen LogP contribution in [0.15, 0.2) is 132 Å². The minimum Gasteiger partial charge on any atom is -0.488 e. The van der Waals surface area contributed by atoms with E-state index in [2.05, 4.69) is 173 Å². The number of methoxy groups -OCH3 is 3. The number of aromatic nitrogens is 8. The Kier molecular flexibility index (Phi) is 27.7. The molecule has 4 aromatic heterocycles. The van der Waals surface area contributed by atoms with Gasteiger partial charge in [-0.3, -0.25) is 19.4 Å². The van der Waals surface area contributed by atoms with Crippen LogP contribution in [0.1, 0.15) is 218 Å². The van der Waals surface area contributed by atoms with Gasteiger partial charge in [0.05, 0.1) is 96.9 Å². The van der Waals surface area contributed by atoms with Crippen LogP contribution in [0.5, 0.6) is 11.5 Å². The lowest BCUT2D eigenvalue weighted by Crippen LogP contribution is -2.51. The summed E-state index contributed by atoms with van der Waals surface area (Å²) in [6, 6.07) is 34.9. The molecule has 702 valence electrons. The molecule has 7 aromatic carbocycles. The second-order valence-corrected chi connectivity index (χ2v) is 38.9. The number of hydrogen-bond acceptors (Lipinski definition) is 21. The first kappa shape index (κ1) is 94.9. The Balaban J connectivity index is 0.000000150. The maximum absolute atomic E-state index is 13.6. The molecular formula is C98H117BBrN15O18. The van der Waals surface area contributed by atoms with Crippen LogP contribution in [0.4, 0.5) is 24.0 Å². The molecule has 8 N–H and O–H groups in total. The number of H-pyrrole nitrogens is 4. The third kappa shape index (κ3) is 20.3. The SMILES string of the molecule is CC(C)(C)OC(=O)N1CCC[C@H]1c1nc2c(ccc3c4c(ccc32)-c2ccc(B3OC(C)(C)C(C)(C)O3)cc2CO4)[nH]1.COC(=O)NC(C(=O)O)c1ccccc1.COC(=O)N[C@H](C(=O)N1CCC[C@H]1c1ncc(-c2ccc3c(c2)COc2c-3ccc3c2ccc2[nH]c([C@@H]4CCCN4C(=O)OC(C)(C)C)nc23)[nH]1)C(C)C.COC(=O)N[C@H](C(=O)N1CCC[C@H]1c1ncc(Br)[nH]1)C(C)C. The Morgan fingerprint density at radius 3 is 1.35 bits per heavy atom. The first-order valence-electron chi connectivity index (χ1n) is 45.3. The molecule has 1 unspecified atom stereocenters. The molecule has 7 atom stereocenters. The molecule has 7 aliphatic heterocycles. The predicted octanol–water partition coefficient (Wildman–Crippen LogP) is 17.8. The summed E-state index contributed by atoms with van der Waals surface area (Å²) in [7, 11) is 3.35. The van der Waals surface area contributed by atoms with Gasteiger partial charge in [0.15, 0.2) is 6.04 Å². The molecular weight excluding hydrogens is 1770 g/mol. The fourth-order valence-electron chi connectivity index (χ4n) is 18.2. The Bertz CT molecular complexity index is 6200. The number of aliphatic carboxylic acids is 1. The quantitative estimate of drug-likeness (QED) is 0.0349. The Morgan fingerprint density at radius 2 is 0.910 bits per heavy atom. The maximum Gasteiger partial charge on any atom is 0.494 e. The van der Waals surface area contributed by atoms with Crippen molar-refractivity contribution in [1.29, 1.82) is 0 Å². The number of carboxylic acids is 1. The van der Waals surface area contributed by atoms with Crippen LogP contribution in [-0.4, -0.2) is 202 Å². The molecule has 133 heavy (non-hydrogen) atoms. The molecule has 0 aliphatic carbocycles. The normalized spacial score (nSPS) is 18.8. The smallest absolute Gasteiger partial charge is 0.488 e. The predicted molar refractivity (Wildman–Crippen MR) is 504 cm³/mol. The number of benzene rings is 7. The summed E-state index contributed by atoms with van der Waals surface area (Å²) in [6.07, 6.45) is 7.78. The van der Waals surface area contributed by atoms with E-state index in [1.807, 2.05) is 86.4 Å². The van der Waals surface area contributed by atoms with Crippen molar-refractivity contribution in [3.63, 3.8) is 0 Å². The molecule has 0 saturated carbocycles. The van der Waals surface area contributed by atoms with E-state index in [1.54, 1.807) is 51.2 Å². The van der Waals surface area contributed by atoms with Gasteiger partial charge in [-0.2, -0.15) is 0 Å². The number of nitrogens with zero attached hydrogens (tertiary/aromatic N) is 8. The zero-order valence-corrected chi connectivity index (χ0v) is 79.7. The number of carbonyl (C=O) groups excluding carboxylic acids is 7. The second-order valence-electron chi connectivity index (χ2n) is 38.1.